The van der Waals surface area contributed by atoms with Crippen LogP contribution in [0, 0.1) is 0 Å². The fraction of sp³-hybridized carbons (Fsp3) is 0.312. The third-order valence-corrected chi connectivity index (χ3v) is 5.08. The smallest absolute Gasteiger partial charge is 0.250 e. The second-order valence-electron chi connectivity index (χ2n) is 5.46. The first kappa shape index (κ1) is 15.6. The van der Waals surface area contributed by atoms with Crippen LogP contribution in [0.25, 0.3) is 0 Å². The van der Waals surface area contributed by atoms with E-state index in [2.05, 4.69) is 15.7 Å². The quantitative estimate of drug-likeness (QED) is 0.648. The van der Waals surface area contributed by atoms with Crippen molar-refractivity contribution in [2.75, 3.05) is 11.9 Å². The number of aryl methyl sites for hydroxylation is 1. The van der Waals surface area contributed by atoms with Crippen molar-refractivity contribution in [2.45, 2.75) is 29.5 Å². The fourth-order valence-electron chi connectivity index (χ4n) is 2.36. The molecule has 2 N–H and O–H groups in total. The second kappa shape index (κ2) is 6.45. The van der Waals surface area contributed by atoms with Gasteiger partial charge >= 0.3 is 0 Å². The van der Waals surface area contributed by atoms with Crippen LogP contribution in [0.3, 0.4) is 0 Å². The molecule has 0 saturated carbocycles. The Morgan fingerprint density at radius 2 is 2.22 bits per heavy atom. The molecule has 0 fully saturated rings. The summed E-state index contributed by atoms with van der Waals surface area (Å²) in [5.74, 6) is -0.555. The number of fused-ring (bicyclic) bond motifs is 1. The molecule has 0 bridgehead atoms. The number of carbonyl (C=O) groups excluding carboxylic acids is 2. The highest BCUT2D eigenvalue weighted by Crippen LogP contribution is 2.42. The maximum absolute atomic E-state index is 12.5. The van der Waals surface area contributed by atoms with Crippen molar-refractivity contribution < 1.29 is 9.59 Å². The van der Waals surface area contributed by atoms with Gasteiger partial charge in [-0.05, 0) is 31.5 Å². The Labute approximate surface area is 138 Å². The van der Waals surface area contributed by atoms with Gasteiger partial charge < -0.3 is 10.6 Å². The predicted octanol–water partition coefficient (Wildman–Crippen LogP) is 1.89. The van der Waals surface area contributed by atoms with Gasteiger partial charge in [-0.25, -0.2) is 0 Å². The molecule has 1 aromatic heterocycles. The normalized spacial score (nSPS) is 19.8. The van der Waals surface area contributed by atoms with E-state index < -0.39 is 4.75 Å². The Morgan fingerprint density at radius 3 is 3.00 bits per heavy atom. The lowest BCUT2D eigenvalue weighted by Crippen LogP contribution is -2.52. The molecule has 0 spiro atoms. The number of nitrogens with zero attached hydrogens (tertiary/aromatic N) is 2. The third kappa shape index (κ3) is 3.24. The molecule has 6 nitrogen and oxygen atoms in total. The Bertz CT molecular complexity index is 717. The minimum absolute atomic E-state index is 0.269. The number of nitrogens with one attached hydrogen (secondary N) is 2. The molecule has 2 aromatic rings. The number of hydrogen-bond acceptors (Lipinski definition) is 4. The molecular formula is C16H18N4O2S. The highest BCUT2D eigenvalue weighted by Gasteiger charge is 2.45. The zero-order chi connectivity index (χ0) is 16.3. The molecule has 1 aliphatic rings. The Kier molecular flexibility index (Phi) is 4.38. The molecule has 0 saturated heterocycles. The number of carbonyl (C=O) groups is 2. The predicted molar refractivity (Wildman–Crippen MR) is 89.2 cm³/mol. The molecule has 2 heterocycles. The van der Waals surface area contributed by atoms with Gasteiger partial charge in [-0.15, -0.1) is 0 Å². The summed E-state index contributed by atoms with van der Waals surface area (Å²) in [5.41, 5.74) is 0.756. The first-order valence-corrected chi connectivity index (χ1v) is 8.26. The van der Waals surface area contributed by atoms with E-state index in [9.17, 15) is 9.59 Å². The molecule has 0 radical (unpaired) electrons. The number of anilines is 1. The first-order valence-electron chi connectivity index (χ1n) is 7.45. The van der Waals surface area contributed by atoms with Crippen LogP contribution in [0.2, 0.25) is 0 Å². The third-order valence-electron chi connectivity index (χ3n) is 3.72. The van der Waals surface area contributed by atoms with E-state index >= 15 is 0 Å². The number of benzene rings is 1. The SMILES string of the molecule is C[C@]1(C(=O)NCCCn2cccn2)Sc2ccccc2NC1=O. The summed E-state index contributed by atoms with van der Waals surface area (Å²) in [7, 11) is 0. The standard InChI is InChI=1S/C16H18N4O2S/c1-16(14(21)17-8-4-10-20-11-5-9-18-20)15(22)19-12-6-2-3-7-13(12)23-16/h2-3,5-7,9,11H,4,8,10H2,1H3,(H,17,21)(H,19,22)/t16-/m1/s1. The van der Waals surface area contributed by atoms with Gasteiger partial charge in [0.05, 0.1) is 5.69 Å². The molecule has 1 aliphatic heterocycles. The Hall–Kier alpha value is -2.28. The molecule has 0 aliphatic carbocycles. The maximum Gasteiger partial charge on any atom is 0.250 e. The average molecular weight is 330 g/mol. The number of rotatable bonds is 5. The van der Waals surface area contributed by atoms with Crippen molar-refractivity contribution in [2.24, 2.45) is 0 Å². The molecule has 1 atom stereocenters. The molecule has 1 aromatic carbocycles. The van der Waals surface area contributed by atoms with Gasteiger partial charge in [-0.3, -0.25) is 14.3 Å². The maximum atomic E-state index is 12.5. The lowest BCUT2D eigenvalue weighted by atomic mass is 10.1. The van der Waals surface area contributed by atoms with Gasteiger partial charge in [0.2, 0.25) is 11.8 Å². The first-order chi connectivity index (χ1) is 11.1. The zero-order valence-electron chi connectivity index (χ0n) is 12.8. The van der Waals surface area contributed by atoms with Crippen LogP contribution >= 0.6 is 11.8 Å². The van der Waals surface area contributed by atoms with Crippen LogP contribution in [-0.4, -0.2) is 32.9 Å². The number of para-hydroxylation sites is 1. The van der Waals surface area contributed by atoms with Crippen molar-refractivity contribution in [3.05, 3.63) is 42.7 Å². The van der Waals surface area contributed by atoms with Crippen molar-refractivity contribution in [1.82, 2.24) is 15.1 Å². The number of thioether (sulfide) groups is 1. The fourth-order valence-corrected chi connectivity index (χ4v) is 3.48. The van der Waals surface area contributed by atoms with Crippen LogP contribution in [0.4, 0.5) is 5.69 Å². The summed E-state index contributed by atoms with van der Waals surface area (Å²) in [6, 6.07) is 9.36. The van der Waals surface area contributed by atoms with Crippen molar-refractivity contribution in [1.29, 1.82) is 0 Å². The Morgan fingerprint density at radius 1 is 1.39 bits per heavy atom. The lowest BCUT2D eigenvalue weighted by molar-refractivity contribution is -0.129. The van der Waals surface area contributed by atoms with Crippen LogP contribution < -0.4 is 10.6 Å². The molecule has 2 amide bonds. The van der Waals surface area contributed by atoms with E-state index in [0.29, 0.717) is 6.54 Å². The molecular weight excluding hydrogens is 312 g/mol. The highest BCUT2D eigenvalue weighted by molar-refractivity contribution is 8.02. The van der Waals surface area contributed by atoms with Crippen LogP contribution in [0.5, 0.6) is 0 Å². The van der Waals surface area contributed by atoms with E-state index in [1.54, 1.807) is 13.1 Å². The molecule has 23 heavy (non-hydrogen) atoms. The van der Waals surface area contributed by atoms with E-state index in [1.165, 1.54) is 11.8 Å². The lowest BCUT2D eigenvalue weighted by Gasteiger charge is -2.31. The monoisotopic (exact) mass is 330 g/mol. The summed E-state index contributed by atoms with van der Waals surface area (Å²) < 4.78 is 0.659. The number of amides is 2. The summed E-state index contributed by atoms with van der Waals surface area (Å²) in [5, 5.41) is 9.77. The summed E-state index contributed by atoms with van der Waals surface area (Å²) in [4.78, 5) is 25.7. The zero-order valence-corrected chi connectivity index (χ0v) is 13.6. The van der Waals surface area contributed by atoms with E-state index in [1.807, 2.05) is 41.2 Å². The average Bonchev–Trinajstić information content (AvgIpc) is 3.06. The minimum atomic E-state index is -1.15. The van der Waals surface area contributed by atoms with Gasteiger partial charge in [0, 0.05) is 30.4 Å². The summed E-state index contributed by atoms with van der Waals surface area (Å²) >= 11 is 1.29. The van der Waals surface area contributed by atoms with Gasteiger partial charge in [-0.2, -0.15) is 5.10 Å². The molecule has 7 heteroatoms. The van der Waals surface area contributed by atoms with E-state index in [0.717, 1.165) is 23.5 Å². The van der Waals surface area contributed by atoms with Crippen LogP contribution in [0.1, 0.15) is 13.3 Å². The van der Waals surface area contributed by atoms with Gasteiger partial charge in [-0.1, -0.05) is 23.9 Å². The van der Waals surface area contributed by atoms with Crippen molar-refractivity contribution in [3.8, 4) is 0 Å². The molecule has 0 unspecified atom stereocenters. The number of aromatic nitrogens is 2. The van der Waals surface area contributed by atoms with E-state index in [-0.39, 0.29) is 11.8 Å². The summed E-state index contributed by atoms with van der Waals surface area (Å²) in [6.07, 6.45) is 4.36. The number of hydrogen-bond donors (Lipinski definition) is 2. The largest absolute Gasteiger partial charge is 0.354 e. The topological polar surface area (TPSA) is 76.0 Å². The molecule has 120 valence electrons. The minimum Gasteiger partial charge on any atom is -0.354 e. The summed E-state index contributed by atoms with van der Waals surface area (Å²) in [6.45, 7) is 2.89. The van der Waals surface area contributed by atoms with Crippen molar-refractivity contribution in [3.63, 3.8) is 0 Å². The molecule has 3 rings (SSSR count). The van der Waals surface area contributed by atoms with E-state index in [4.69, 9.17) is 0 Å². The highest BCUT2D eigenvalue weighted by atomic mass is 32.2. The Balaban J connectivity index is 1.59. The van der Waals surface area contributed by atoms with Gasteiger partial charge in [0.15, 0.2) is 4.75 Å². The van der Waals surface area contributed by atoms with Crippen LogP contribution in [-0.2, 0) is 16.1 Å². The second-order valence-corrected chi connectivity index (χ2v) is 6.92. The van der Waals surface area contributed by atoms with Crippen LogP contribution in [0.15, 0.2) is 47.6 Å². The van der Waals surface area contributed by atoms with Crippen molar-refractivity contribution >= 4 is 29.3 Å². The van der Waals surface area contributed by atoms with Gasteiger partial charge in [0.1, 0.15) is 0 Å². The van der Waals surface area contributed by atoms with Gasteiger partial charge in [0.25, 0.3) is 0 Å².